The summed E-state index contributed by atoms with van der Waals surface area (Å²) in [6, 6.07) is 0.274. The maximum absolute atomic E-state index is 11.4. The van der Waals surface area contributed by atoms with Crippen LogP contribution in [0.1, 0.15) is 12.0 Å². The van der Waals surface area contributed by atoms with Crippen molar-refractivity contribution in [3.05, 3.63) is 18.0 Å². The van der Waals surface area contributed by atoms with Crippen molar-refractivity contribution in [2.75, 3.05) is 25.2 Å². The third-order valence-electron chi connectivity index (χ3n) is 3.12. The molecule has 1 aliphatic heterocycles. The fourth-order valence-electron chi connectivity index (χ4n) is 2.15. The Morgan fingerprint density at radius 3 is 3.17 bits per heavy atom. The molecule has 1 saturated heterocycles. The van der Waals surface area contributed by atoms with Gasteiger partial charge in [0.2, 0.25) is 0 Å². The molecular formula is C12H19N3O2S. The fourth-order valence-corrected chi connectivity index (χ4v) is 3.28. The highest BCUT2D eigenvalue weighted by molar-refractivity contribution is 7.99. The molecule has 0 aliphatic carbocycles. The molecular weight excluding hydrogens is 250 g/mol. The minimum Gasteiger partial charge on any atom is -0.469 e. The summed E-state index contributed by atoms with van der Waals surface area (Å²) < 4.78 is 6.57. The number of ether oxygens (including phenoxy) is 1. The van der Waals surface area contributed by atoms with Crippen molar-refractivity contribution in [1.29, 1.82) is 0 Å². The molecule has 1 atom stereocenters. The van der Waals surface area contributed by atoms with E-state index >= 15 is 0 Å². The van der Waals surface area contributed by atoms with Gasteiger partial charge in [0.15, 0.2) is 0 Å². The van der Waals surface area contributed by atoms with Gasteiger partial charge in [0.05, 0.1) is 19.7 Å². The smallest absolute Gasteiger partial charge is 0.307 e. The third-order valence-corrected chi connectivity index (χ3v) is 4.22. The molecule has 1 aromatic heterocycles. The Labute approximate surface area is 111 Å². The summed E-state index contributed by atoms with van der Waals surface area (Å²) in [6.07, 6.45) is 4.39. The SMILES string of the molecule is COC(=O)C[C@H]1CSCCN1Cc1cnn(C)c1. The zero-order chi connectivity index (χ0) is 13.0. The zero-order valence-corrected chi connectivity index (χ0v) is 11.7. The first-order valence-corrected chi connectivity index (χ1v) is 7.20. The van der Waals surface area contributed by atoms with Crippen molar-refractivity contribution in [3.8, 4) is 0 Å². The minimum absolute atomic E-state index is 0.126. The Balaban J connectivity index is 1.96. The van der Waals surface area contributed by atoms with Gasteiger partial charge in [-0.25, -0.2) is 0 Å². The monoisotopic (exact) mass is 269 g/mol. The number of carbonyl (C=O) groups is 1. The van der Waals surface area contributed by atoms with Crippen LogP contribution in [0.25, 0.3) is 0 Å². The second-order valence-electron chi connectivity index (χ2n) is 4.50. The first kappa shape index (κ1) is 13.4. The summed E-state index contributed by atoms with van der Waals surface area (Å²) in [6.45, 7) is 1.87. The lowest BCUT2D eigenvalue weighted by atomic mass is 10.1. The van der Waals surface area contributed by atoms with E-state index in [0.717, 1.165) is 24.6 Å². The predicted octanol–water partition coefficient (Wildman–Crippen LogP) is 0.901. The molecule has 0 radical (unpaired) electrons. The topological polar surface area (TPSA) is 47.4 Å². The lowest BCUT2D eigenvalue weighted by Gasteiger charge is -2.34. The van der Waals surface area contributed by atoms with E-state index in [0.29, 0.717) is 6.42 Å². The second-order valence-corrected chi connectivity index (χ2v) is 5.65. The van der Waals surface area contributed by atoms with E-state index in [2.05, 4.69) is 10.00 Å². The van der Waals surface area contributed by atoms with Crippen molar-refractivity contribution >= 4 is 17.7 Å². The Morgan fingerprint density at radius 2 is 2.50 bits per heavy atom. The van der Waals surface area contributed by atoms with Gasteiger partial charge in [0.25, 0.3) is 0 Å². The van der Waals surface area contributed by atoms with Gasteiger partial charge in [-0.1, -0.05) is 0 Å². The summed E-state index contributed by atoms with van der Waals surface area (Å²) in [7, 11) is 3.37. The molecule has 6 heteroatoms. The molecule has 0 aromatic carbocycles. The van der Waals surface area contributed by atoms with Crippen LogP contribution in [0.5, 0.6) is 0 Å². The number of hydrogen-bond donors (Lipinski definition) is 0. The highest BCUT2D eigenvalue weighted by Gasteiger charge is 2.25. The summed E-state index contributed by atoms with van der Waals surface area (Å²) in [4.78, 5) is 13.8. The lowest BCUT2D eigenvalue weighted by Crippen LogP contribution is -2.43. The summed E-state index contributed by atoms with van der Waals surface area (Å²) in [5.74, 6) is 1.99. The average Bonchev–Trinajstić information content (AvgIpc) is 2.77. The van der Waals surface area contributed by atoms with Gasteiger partial charge in [0, 0.05) is 49.4 Å². The van der Waals surface area contributed by atoms with Crippen LogP contribution in [0, 0.1) is 0 Å². The number of thioether (sulfide) groups is 1. The van der Waals surface area contributed by atoms with E-state index < -0.39 is 0 Å². The molecule has 100 valence electrons. The van der Waals surface area contributed by atoms with Gasteiger partial charge in [-0.3, -0.25) is 14.4 Å². The number of esters is 1. The lowest BCUT2D eigenvalue weighted by molar-refractivity contribution is -0.141. The van der Waals surface area contributed by atoms with Gasteiger partial charge >= 0.3 is 5.97 Å². The molecule has 0 unspecified atom stereocenters. The van der Waals surface area contributed by atoms with E-state index in [1.807, 2.05) is 35.9 Å². The van der Waals surface area contributed by atoms with Crippen LogP contribution >= 0.6 is 11.8 Å². The Kier molecular flexibility index (Phi) is 4.66. The predicted molar refractivity (Wildman–Crippen MR) is 71.4 cm³/mol. The Hall–Kier alpha value is -1.01. The maximum atomic E-state index is 11.4. The van der Waals surface area contributed by atoms with Crippen LogP contribution in [0.4, 0.5) is 0 Å². The van der Waals surface area contributed by atoms with Crippen molar-refractivity contribution in [1.82, 2.24) is 14.7 Å². The number of nitrogens with zero attached hydrogens (tertiary/aromatic N) is 3. The largest absolute Gasteiger partial charge is 0.469 e. The molecule has 0 amide bonds. The van der Waals surface area contributed by atoms with E-state index in [1.165, 1.54) is 12.7 Å². The number of methoxy groups -OCH3 is 1. The van der Waals surface area contributed by atoms with Crippen LogP contribution < -0.4 is 0 Å². The summed E-state index contributed by atoms with van der Waals surface area (Å²) in [5.41, 5.74) is 1.19. The number of rotatable bonds is 4. The molecule has 0 spiro atoms. The van der Waals surface area contributed by atoms with Crippen molar-refractivity contribution in [3.63, 3.8) is 0 Å². The van der Waals surface area contributed by atoms with Crippen molar-refractivity contribution in [2.24, 2.45) is 7.05 Å². The van der Waals surface area contributed by atoms with Gasteiger partial charge in [-0.05, 0) is 0 Å². The first-order chi connectivity index (χ1) is 8.69. The molecule has 0 bridgehead atoms. The van der Waals surface area contributed by atoms with Crippen LogP contribution in [0.2, 0.25) is 0 Å². The van der Waals surface area contributed by atoms with Crippen molar-refractivity contribution in [2.45, 2.75) is 19.0 Å². The third kappa shape index (κ3) is 3.49. The molecule has 1 aromatic rings. The molecule has 2 rings (SSSR count). The minimum atomic E-state index is -0.126. The van der Waals surface area contributed by atoms with Gasteiger partial charge in [-0.15, -0.1) is 0 Å². The van der Waals surface area contributed by atoms with E-state index in [4.69, 9.17) is 4.74 Å². The Morgan fingerprint density at radius 1 is 1.67 bits per heavy atom. The number of carbonyl (C=O) groups excluding carboxylic acids is 1. The quantitative estimate of drug-likeness (QED) is 0.760. The summed E-state index contributed by atoms with van der Waals surface area (Å²) in [5, 5.41) is 4.18. The van der Waals surface area contributed by atoms with Gasteiger partial charge in [0.1, 0.15) is 0 Å². The highest BCUT2D eigenvalue weighted by atomic mass is 32.2. The number of aromatic nitrogens is 2. The van der Waals surface area contributed by atoms with Gasteiger partial charge in [-0.2, -0.15) is 16.9 Å². The molecule has 0 saturated carbocycles. The molecule has 5 nitrogen and oxygen atoms in total. The normalized spacial score (nSPS) is 20.9. The molecule has 1 aliphatic rings. The first-order valence-electron chi connectivity index (χ1n) is 6.05. The maximum Gasteiger partial charge on any atom is 0.307 e. The molecule has 0 N–H and O–H groups in total. The van der Waals surface area contributed by atoms with Crippen LogP contribution in [-0.2, 0) is 23.1 Å². The average molecular weight is 269 g/mol. The Bertz CT molecular complexity index is 408. The van der Waals surface area contributed by atoms with Crippen molar-refractivity contribution < 1.29 is 9.53 Å². The van der Waals surface area contributed by atoms with E-state index in [-0.39, 0.29) is 12.0 Å². The van der Waals surface area contributed by atoms with E-state index in [1.54, 1.807) is 0 Å². The number of hydrogen-bond acceptors (Lipinski definition) is 5. The van der Waals surface area contributed by atoms with E-state index in [9.17, 15) is 4.79 Å². The van der Waals surface area contributed by atoms with Crippen LogP contribution in [0.3, 0.4) is 0 Å². The standard InChI is InChI=1S/C12H19N3O2S/c1-14-7-10(6-13-14)8-15-3-4-18-9-11(15)5-12(16)17-2/h6-7,11H,3-5,8-9H2,1-2H3/t11-/m0/s1. The highest BCUT2D eigenvalue weighted by Crippen LogP contribution is 2.21. The van der Waals surface area contributed by atoms with Crippen LogP contribution in [-0.4, -0.2) is 51.9 Å². The second kappa shape index (κ2) is 6.24. The molecule has 18 heavy (non-hydrogen) atoms. The summed E-state index contributed by atoms with van der Waals surface area (Å²) >= 11 is 1.90. The van der Waals surface area contributed by atoms with Gasteiger partial charge < -0.3 is 4.74 Å². The number of aryl methyl sites for hydroxylation is 1. The molecule has 1 fully saturated rings. The molecule has 2 heterocycles. The zero-order valence-electron chi connectivity index (χ0n) is 10.8. The van der Waals surface area contributed by atoms with Crippen LogP contribution in [0.15, 0.2) is 12.4 Å². The fraction of sp³-hybridized carbons (Fsp3) is 0.667.